The molecule has 0 aromatic heterocycles. The summed E-state index contributed by atoms with van der Waals surface area (Å²) in [4.78, 5) is 21.8. The zero-order valence-electron chi connectivity index (χ0n) is 15.0. The van der Waals surface area contributed by atoms with Gasteiger partial charge in [-0.25, -0.2) is 0 Å². The first-order chi connectivity index (χ1) is 11.2. The van der Waals surface area contributed by atoms with Crippen molar-refractivity contribution in [2.75, 3.05) is 5.75 Å². The van der Waals surface area contributed by atoms with Crippen molar-refractivity contribution < 1.29 is 14.7 Å². The van der Waals surface area contributed by atoms with Crippen molar-refractivity contribution >= 4 is 22.8 Å². The van der Waals surface area contributed by atoms with Crippen LogP contribution < -0.4 is 0 Å². The molecule has 3 nitrogen and oxygen atoms in total. The Kier molecular flexibility index (Phi) is 17.4. The number of rotatable bonds is 17. The standard InChI is InChI=1S/C19H36O3S/c1-2-3-4-5-6-7-8-9-10-11-12-13-14-15-19(22)23-17-16-18(20)21/h2-17H2,1H3,(H,20,21). The molecule has 0 aliphatic rings. The van der Waals surface area contributed by atoms with Crippen LogP contribution in [0, 0.1) is 0 Å². The van der Waals surface area contributed by atoms with Crippen LogP contribution in [0.15, 0.2) is 0 Å². The minimum Gasteiger partial charge on any atom is -0.481 e. The molecule has 0 spiro atoms. The molecule has 0 unspecified atom stereocenters. The first-order valence-electron chi connectivity index (χ1n) is 9.54. The fourth-order valence-corrected chi connectivity index (χ4v) is 3.40. The van der Waals surface area contributed by atoms with Gasteiger partial charge in [-0.05, 0) is 6.42 Å². The largest absolute Gasteiger partial charge is 0.481 e. The van der Waals surface area contributed by atoms with Crippen molar-refractivity contribution in [3.05, 3.63) is 0 Å². The third-order valence-corrected chi connectivity index (χ3v) is 5.00. The predicted octanol–water partition coefficient (Wildman–Crippen LogP) is 6.20. The van der Waals surface area contributed by atoms with Crippen LogP contribution in [-0.4, -0.2) is 21.9 Å². The lowest BCUT2D eigenvalue weighted by Gasteiger charge is -2.03. The second-order valence-corrected chi connectivity index (χ2v) is 7.51. The molecule has 0 aliphatic carbocycles. The first-order valence-corrected chi connectivity index (χ1v) is 10.5. The van der Waals surface area contributed by atoms with E-state index in [2.05, 4.69) is 6.92 Å². The molecule has 0 saturated heterocycles. The Balaban J connectivity index is 3.12. The van der Waals surface area contributed by atoms with Crippen LogP contribution in [0.2, 0.25) is 0 Å². The molecule has 0 rings (SSSR count). The molecular formula is C19H36O3S. The van der Waals surface area contributed by atoms with Crippen LogP contribution in [-0.2, 0) is 9.59 Å². The van der Waals surface area contributed by atoms with Crippen LogP contribution in [0.4, 0.5) is 0 Å². The van der Waals surface area contributed by atoms with Gasteiger partial charge in [0.25, 0.3) is 0 Å². The Hall–Kier alpha value is -0.510. The molecule has 1 N–H and O–H groups in total. The first kappa shape index (κ1) is 22.5. The van der Waals surface area contributed by atoms with Crippen molar-refractivity contribution in [3.63, 3.8) is 0 Å². The van der Waals surface area contributed by atoms with Crippen molar-refractivity contribution in [1.82, 2.24) is 0 Å². The van der Waals surface area contributed by atoms with E-state index in [4.69, 9.17) is 5.11 Å². The zero-order chi connectivity index (χ0) is 17.2. The lowest BCUT2D eigenvalue weighted by atomic mass is 10.0. The average Bonchev–Trinajstić information content (AvgIpc) is 2.51. The molecule has 0 aromatic carbocycles. The van der Waals surface area contributed by atoms with Crippen LogP contribution >= 0.6 is 11.8 Å². The number of aliphatic carboxylic acids is 1. The maximum Gasteiger partial charge on any atom is 0.304 e. The normalized spacial score (nSPS) is 10.8. The fraction of sp³-hybridized carbons (Fsp3) is 0.895. The van der Waals surface area contributed by atoms with Gasteiger partial charge in [-0.2, -0.15) is 0 Å². The highest BCUT2D eigenvalue weighted by Crippen LogP contribution is 2.15. The van der Waals surface area contributed by atoms with E-state index in [0.717, 1.165) is 12.8 Å². The third kappa shape index (κ3) is 19.4. The van der Waals surface area contributed by atoms with Gasteiger partial charge in [0.05, 0.1) is 6.42 Å². The molecule has 4 heteroatoms. The van der Waals surface area contributed by atoms with E-state index in [0.29, 0.717) is 12.2 Å². The van der Waals surface area contributed by atoms with Gasteiger partial charge in [0.15, 0.2) is 5.12 Å². The van der Waals surface area contributed by atoms with Gasteiger partial charge in [0.2, 0.25) is 0 Å². The molecule has 136 valence electrons. The Morgan fingerprint density at radius 3 is 1.57 bits per heavy atom. The van der Waals surface area contributed by atoms with E-state index in [1.807, 2.05) is 0 Å². The van der Waals surface area contributed by atoms with E-state index < -0.39 is 5.97 Å². The summed E-state index contributed by atoms with van der Waals surface area (Å²) in [5, 5.41) is 8.65. The van der Waals surface area contributed by atoms with Crippen LogP contribution in [0.5, 0.6) is 0 Å². The summed E-state index contributed by atoms with van der Waals surface area (Å²) in [5.74, 6) is -0.418. The van der Waals surface area contributed by atoms with Gasteiger partial charge in [-0.3, -0.25) is 9.59 Å². The van der Waals surface area contributed by atoms with Crippen molar-refractivity contribution in [2.45, 2.75) is 103 Å². The highest BCUT2D eigenvalue weighted by Gasteiger charge is 2.04. The van der Waals surface area contributed by atoms with Crippen molar-refractivity contribution in [3.8, 4) is 0 Å². The molecule has 0 radical (unpaired) electrons. The van der Waals surface area contributed by atoms with Crippen LogP contribution in [0.1, 0.15) is 103 Å². The number of hydrogen-bond acceptors (Lipinski definition) is 3. The summed E-state index contributed by atoms with van der Waals surface area (Å²) < 4.78 is 0. The molecule has 23 heavy (non-hydrogen) atoms. The number of thioether (sulfide) groups is 1. The maximum atomic E-state index is 11.5. The van der Waals surface area contributed by atoms with Gasteiger partial charge < -0.3 is 5.11 Å². The monoisotopic (exact) mass is 344 g/mol. The number of carboxylic acid groups (broad SMARTS) is 1. The summed E-state index contributed by atoms with van der Waals surface area (Å²) in [6.07, 6.45) is 17.7. The van der Waals surface area contributed by atoms with Gasteiger partial charge in [-0.15, -0.1) is 0 Å². The molecule has 0 atom stereocenters. The minimum atomic E-state index is -0.828. The van der Waals surface area contributed by atoms with Crippen molar-refractivity contribution in [1.29, 1.82) is 0 Å². The highest BCUT2D eigenvalue weighted by atomic mass is 32.2. The number of hydrogen-bond donors (Lipinski definition) is 1. The summed E-state index contributed by atoms with van der Waals surface area (Å²) in [5.41, 5.74) is 0. The molecular weight excluding hydrogens is 308 g/mol. The highest BCUT2D eigenvalue weighted by molar-refractivity contribution is 8.13. The van der Waals surface area contributed by atoms with E-state index in [1.54, 1.807) is 0 Å². The van der Waals surface area contributed by atoms with Gasteiger partial charge in [-0.1, -0.05) is 95.7 Å². The van der Waals surface area contributed by atoms with Crippen molar-refractivity contribution in [2.24, 2.45) is 0 Å². The Morgan fingerprint density at radius 2 is 1.13 bits per heavy atom. The van der Waals surface area contributed by atoms with E-state index in [1.165, 1.54) is 82.4 Å². The number of unbranched alkanes of at least 4 members (excludes halogenated alkanes) is 12. The summed E-state index contributed by atoms with van der Waals surface area (Å²) >= 11 is 1.17. The molecule has 0 aliphatic heterocycles. The summed E-state index contributed by atoms with van der Waals surface area (Å²) in [6, 6.07) is 0. The lowest BCUT2D eigenvalue weighted by Crippen LogP contribution is -1.99. The maximum absolute atomic E-state index is 11.5. The van der Waals surface area contributed by atoms with Gasteiger partial charge in [0, 0.05) is 12.2 Å². The smallest absolute Gasteiger partial charge is 0.304 e. The average molecular weight is 345 g/mol. The minimum absolute atomic E-state index is 0.0784. The summed E-state index contributed by atoms with van der Waals surface area (Å²) in [6.45, 7) is 2.26. The number of carbonyl (C=O) groups is 2. The van der Waals surface area contributed by atoms with Crippen LogP contribution in [0.25, 0.3) is 0 Å². The molecule has 0 bridgehead atoms. The Morgan fingerprint density at radius 1 is 0.696 bits per heavy atom. The lowest BCUT2D eigenvalue weighted by molar-refractivity contribution is -0.136. The number of carboxylic acids is 1. The molecule has 0 fully saturated rings. The zero-order valence-corrected chi connectivity index (χ0v) is 15.8. The number of carbonyl (C=O) groups excluding carboxylic acids is 1. The molecule has 0 amide bonds. The summed E-state index contributed by atoms with van der Waals surface area (Å²) in [7, 11) is 0. The molecule has 0 aromatic rings. The predicted molar refractivity (Wildman–Crippen MR) is 100 cm³/mol. The molecule has 0 heterocycles. The third-order valence-electron chi connectivity index (χ3n) is 4.06. The Bertz CT molecular complexity index is 292. The quantitative estimate of drug-likeness (QED) is 0.319. The topological polar surface area (TPSA) is 54.4 Å². The second kappa shape index (κ2) is 17.8. The SMILES string of the molecule is CCCCCCCCCCCCCCCC(=O)SCCC(=O)O. The fourth-order valence-electron chi connectivity index (χ4n) is 2.61. The van der Waals surface area contributed by atoms with Gasteiger partial charge >= 0.3 is 5.97 Å². The van der Waals surface area contributed by atoms with Crippen LogP contribution in [0.3, 0.4) is 0 Å². The Labute approximate surface area is 147 Å². The second-order valence-electron chi connectivity index (χ2n) is 6.36. The van der Waals surface area contributed by atoms with E-state index in [9.17, 15) is 9.59 Å². The van der Waals surface area contributed by atoms with E-state index >= 15 is 0 Å². The molecule has 0 saturated carbocycles. The van der Waals surface area contributed by atoms with Gasteiger partial charge in [0.1, 0.15) is 0 Å². The van der Waals surface area contributed by atoms with E-state index in [-0.39, 0.29) is 11.5 Å².